The van der Waals surface area contributed by atoms with Gasteiger partial charge in [0.05, 0.1) is 0 Å². The van der Waals surface area contributed by atoms with Gasteiger partial charge in [-0.05, 0) is 37.9 Å². The van der Waals surface area contributed by atoms with E-state index < -0.39 is 12.0 Å². The zero-order valence-corrected chi connectivity index (χ0v) is 9.16. The van der Waals surface area contributed by atoms with Crippen molar-refractivity contribution < 1.29 is 9.90 Å². The van der Waals surface area contributed by atoms with Crippen molar-refractivity contribution in [1.82, 2.24) is 5.32 Å². The van der Waals surface area contributed by atoms with Gasteiger partial charge in [-0.3, -0.25) is 4.79 Å². The smallest absolute Gasteiger partial charge is 0.320 e. The summed E-state index contributed by atoms with van der Waals surface area (Å²) >= 11 is 0. The summed E-state index contributed by atoms with van der Waals surface area (Å²) in [6.07, 6.45) is 1.42. The summed E-state index contributed by atoms with van der Waals surface area (Å²) in [7, 11) is 1.68. The van der Waals surface area contributed by atoms with Gasteiger partial charge in [-0.2, -0.15) is 0 Å². The van der Waals surface area contributed by atoms with Gasteiger partial charge >= 0.3 is 5.97 Å². The molecule has 1 rings (SSSR count). The van der Waals surface area contributed by atoms with Crippen molar-refractivity contribution in [2.24, 2.45) is 0 Å². The Balaban J connectivity index is 2.56. The van der Waals surface area contributed by atoms with Crippen molar-refractivity contribution in [2.75, 3.05) is 7.05 Å². The van der Waals surface area contributed by atoms with Crippen LogP contribution < -0.4 is 5.32 Å². The van der Waals surface area contributed by atoms with Crippen molar-refractivity contribution in [1.29, 1.82) is 0 Å². The maximum Gasteiger partial charge on any atom is 0.320 e. The number of hydrogen-bond acceptors (Lipinski definition) is 2. The quantitative estimate of drug-likeness (QED) is 0.771. The highest BCUT2D eigenvalue weighted by atomic mass is 16.4. The maximum atomic E-state index is 10.8. The second-order valence-electron chi connectivity index (χ2n) is 3.64. The molecule has 2 N–H and O–H groups in total. The molecule has 0 saturated heterocycles. The van der Waals surface area contributed by atoms with Gasteiger partial charge in [0.15, 0.2) is 0 Å². The number of aryl methyl sites for hydroxylation is 2. The first kappa shape index (κ1) is 11.7. The summed E-state index contributed by atoms with van der Waals surface area (Å²) in [4.78, 5) is 10.8. The lowest BCUT2D eigenvalue weighted by Crippen LogP contribution is -2.34. The van der Waals surface area contributed by atoms with E-state index in [1.165, 1.54) is 11.1 Å². The van der Waals surface area contributed by atoms with Crippen molar-refractivity contribution in [2.45, 2.75) is 25.8 Å². The van der Waals surface area contributed by atoms with Crippen molar-refractivity contribution in [3.63, 3.8) is 0 Å². The zero-order valence-electron chi connectivity index (χ0n) is 9.16. The van der Waals surface area contributed by atoms with Crippen LogP contribution in [0, 0.1) is 6.92 Å². The molecular formula is C12H17NO2. The summed E-state index contributed by atoms with van der Waals surface area (Å²) in [6.45, 7) is 2.05. The van der Waals surface area contributed by atoms with Crippen LogP contribution in [0.1, 0.15) is 17.5 Å². The molecule has 1 aromatic rings. The number of carboxylic acid groups (broad SMARTS) is 1. The molecule has 1 atom stereocenters. The number of carboxylic acids is 1. The van der Waals surface area contributed by atoms with Crippen molar-refractivity contribution >= 4 is 5.97 Å². The van der Waals surface area contributed by atoms with Gasteiger partial charge in [0.2, 0.25) is 0 Å². The number of likely N-dealkylation sites (N-methyl/N-ethyl adjacent to an activating group) is 1. The van der Waals surface area contributed by atoms with Gasteiger partial charge in [-0.25, -0.2) is 0 Å². The molecule has 3 nitrogen and oxygen atoms in total. The van der Waals surface area contributed by atoms with Gasteiger partial charge in [-0.1, -0.05) is 24.3 Å². The molecule has 0 bridgehead atoms. The lowest BCUT2D eigenvalue weighted by molar-refractivity contribution is -0.139. The van der Waals surface area contributed by atoms with Crippen LogP contribution in [0.2, 0.25) is 0 Å². The Morgan fingerprint density at radius 1 is 1.47 bits per heavy atom. The Morgan fingerprint density at radius 3 is 2.67 bits per heavy atom. The van der Waals surface area contributed by atoms with Crippen LogP contribution >= 0.6 is 0 Å². The fourth-order valence-electron chi connectivity index (χ4n) is 1.58. The number of rotatable bonds is 5. The van der Waals surface area contributed by atoms with E-state index in [4.69, 9.17) is 5.11 Å². The predicted octanol–water partition coefficient (Wildman–Crippen LogP) is 1.60. The minimum atomic E-state index is -0.786. The second-order valence-corrected chi connectivity index (χ2v) is 3.64. The van der Waals surface area contributed by atoms with Crippen LogP contribution in [-0.2, 0) is 11.2 Å². The van der Waals surface area contributed by atoms with E-state index in [1.807, 2.05) is 31.2 Å². The van der Waals surface area contributed by atoms with E-state index in [9.17, 15) is 4.79 Å². The van der Waals surface area contributed by atoms with Gasteiger partial charge < -0.3 is 10.4 Å². The Labute approximate surface area is 90.1 Å². The summed E-state index contributed by atoms with van der Waals surface area (Å²) in [5.41, 5.74) is 2.44. The van der Waals surface area contributed by atoms with E-state index in [-0.39, 0.29) is 0 Å². The SMILES string of the molecule is CN[C@@H](CCc1ccccc1C)C(=O)O. The van der Waals surface area contributed by atoms with Gasteiger partial charge in [0.1, 0.15) is 6.04 Å². The van der Waals surface area contributed by atoms with Crippen LogP contribution in [-0.4, -0.2) is 24.2 Å². The molecule has 0 spiro atoms. The lowest BCUT2D eigenvalue weighted by Gasteiger charge is -2.11. The number of benzene rings is 1. The third-order valence-electron chi connectivity index (χ3n) is 2.61. The molecule has 0 aliphatic carbocycles. The molecule has 3 heteroatoms. The van der Waals surface area contributed by atoms with Crippen molar-refractivity contribution in [3.8, 4) is 0 Å². The third-order valence-corrected chi connectivity index (χ3v) is 2.61. The molecule has 0 fully saturated rings. The van der Waals surface area contributed by atoms with Crippen LogP contribution in [0.25, 0.3) is 0 Å². The fourth-order valence-corrected chi connectivity index (χ4v) is 1.58. The average Bonchev–Trinajstić information content (AvgIpc) is 2.21. The molecule has 0 amide bonds. The molecule has 0 aromatic heterocycles. The fraction of sp³-hybridized carbons (Fsp3) is 0.417. The first-order chi connectivity index (χ1) is 7.15. The molecule has 0 aliphatic heterocycles. The standard InChI is InChI=1S/C12H17NO2/c1-9-5-3-4-6-10(9)7-8-11(13-2)12(14)15/h3-6,11,13H,7-8H2,1-2H3,(H,14,15)/t11-/m0/s1. The summed E-state index contributed by atoms with van der Waals surface area (Å²) in [5, 5.41) is 11.6. The highest BCUT2D eigenvalue weighted by Gasteiger charge is 2.14. The van der Waals surface area contributed by atoms with E-state index in [2.05, 4.69) is 5.32 Å². The van der Waals surface area contributed by atoms with Crippen LogP contribution in [0.4, 0.5) is 0 Å². The van der Waals surface area contributed by atoms with Gasteiger partial charge in [0, 0.05) is 0 Å². The van der Waals surface area contributed by atoms with Crippen molar-refractivity contribution in [3.05, 3.63) is 35.4 Å². The highest BCUT2D eigenvalue weighted by molar-refractivity contribution is 5.73. The Hall–Kier alpha value is -1.35. The number of carbonyl (C=O) groups is 1. The first-order valence-corrected chi connectivity index (χ1v) is 5.09. The molecule has 82 valence electrons. The second kappa shape index (κ2) is 5.51. The Morgan fingerprint density at radius 2 is 2.13 bits per heavy atom. The molecule has 0 unspecified atom stereocenters. The minimum Gasteiger partial charge on any atom is -0.480 e. The van der Waals surface area contributed by atoms with Gasteiger partial charge in [0.25, 0.3) is 0 Å². The molecule has 0 aliphatic rings. The molecule has 0 heterocycles. The molecular weight excluding hydrogens is 190 g/mol. The van der Waals surface area contributed by atoms with Crippen LogP contribution in [0.5, 0.6) is 0 Å². The summed E-state index contributed by atoms with van der Waals surface area (Å²) in [6, 6.07) is 7.61. The van der Waals surface area contributed by atoms with Crippen LogP contribution in [0.3, 0.4) is 0 Å². The largest absolute Gasteiger partial charge is 0.480 e. The molecule has 15 heavy (non-hydrogen) atoms. The minimum absolute atomic E-state index is 0.454. The summed E-state index contributed by atoms with van der Waals surface area (Å²) in [5.74, 6) is -0.786. The van der Waals surface area contributed by atoms with E-state index in [0.717, 1.165) is 6.42 Å². The van der Waals surface area contributed by atoms with Crippen LogP contribution in [0.15, 0.2) is 24.3 Å². The van der Waals surface area contributed by atoms with E-state index in [1.54, 1.807) is 7.05 Å². The molecule has 0 radical (unpaired) electrons. The Kier molecular flexibility index (Phi) is 4.31. The number of nitrogens with one attached hydrogen (secondary N) is 1. The molecule has 0 saturated carbocycles. The average molecular weight is 207 g/mol. The normalized spacial score (nSPS) is 12.4. The predicted molar refractivity (Wildman–Crippen MR) is 60.0 cm³/mol. The van der Waals surface area contributed by atoms with E-state index in [0.29, 0.717) is 6.42 Å². The monoisotopic (exact) mass is 207 g/mol. The topological polar surface area (TPSA) is 49.3 Å². The number of hydrogen-bond donors (Lipinski definition) is 2. The maximum absolute atomic E-state index is 10.8. The van der Waals surface area contributed by atoms with Gasteiger partial charge in [-0.15, -0.1) is 0 Å². The highest BCUT2D eigenvalue weighted by Crippen LogP contribution is 2.10. The first-order valence-electron chi connectivity index (χ1n) is 5.09. The molecule has 1 aromatic carbocycles. The van der Waals surface area contributed by atoms with E-state index >= 15 is 0 Å². The summed E-state index contributed by atoms with van der Waals surface area (Å²) < 4.78 is 0. The number of aliphatic carboxylic acids is 1. The lowest BCUT2D eigenvalue weighted by atomic mass is 10.0. The third kappa shape index (κ3) is 3.36. The zero-order chi connectivity index (χ0) is 11.3. The Bertz CT molecular complexity index is 336.